The van der Waals surface area contributed by atoms with E-state index in [2.05, 4.69) is 0 Å². The highest BCUT2D eigenvalue weighted by Gasteiger charge is 2.32. The van der Waals surface area contributed by atoms with Crippen molar-refractivity contribution in [3.63, 3.8) is 0 Å². The summed E-state index contributed by atoms with van der Waals surface area (Å²) in [6.07, 6.45) is 1.58. The molecule has 0 unspecified atom stereocenters. The van der Waals surface area contributed by atoms with E-state index in [0.717, 1.165) is 5.56 Å². The number of benzene rings is 1. The summed E-state index contributed by atoms with van der Waals surface area (Å²) in [6, 6.07) is 10.6. The summed E-state index contributed by atoms with van der Waals surface area (Å²) in [4.78, 5) is 15.0. The molecule has 1 atom stereocenters. The van der Waals surface area contributed by atoms with Crippen LogP contribution in [-0.4, -0.2) is 26.1 Å². The van der Waals surface area contributed by atoms with Crippen LogP contribution < -0.4 is 4.90 Å². The lowest BCUT2D eigenvalue weighted by Gasteiger charge is -2.27. The number of carbonyl (C=O) groups is 1. The van der Waals surface area contributed by atoms with Gasteiger partial charge in [-0.15, -0.1) is 11.3 Å². The molecule has 114 valence electrons. The number of thiophene rings is 1. The third kappa shape index (κ3) is 2.98. The first-order valence-electron chi connectivity index (χ1n) is 6.81. The Morgan fingerprint density at radius 1 is 1.23 bits per heavy atom. The molecule has 4 nitrogen and oxygen atoms in total. The van der Waals surface area contributed by atoms with Gasteiger partial charge in [-0.2, -0.15) is 0 Å². The van der Waals surface area contributed by atoms with Crippen LogP contribution in [0.2, 0.25) is 0 Å². The molecule has 2 heterocycles. The Bertz CT molecular complexity index is 806. The van der Waals surface area contributed by atoms with Crippen LogP contribution in [0, 0.1) is 6.92 Å². The first-order valence-corrected chi connectivity index (χ1v) is 9.40. The van der Waals surface area contributed by atoms with Gasteiger partial charge in [0.1, 0.15) is 0 Å². The van der Waals surface area contributed by atoms with Crippen LogP contribution in [0.3, 0.4) is 0 Å². The van der Waals surface area contributed by atoms with Crippen LogP contribution in [0.15, 0.2) is 53.3 Å². The minimum Gasteiger partial charge on any atom is -0.300 e. The summed E-state index contributed by atoms with van der Waals surface area (Å²) < 4.78 is 23.4. The third-order valence-electron chi connectivity index (χ3n) is 3.51. The summed E-state index contributed by atoms with van der Waals surface area (Å²) in [7, 11) is -3.23. The fourth-order valence-electron chi connectivity index (χ4n) is 2.40. The number of anilines is 1. The number of amides is 1. The second-order valence-corrected chi connectivity index (χ2v) is 8.09. The Labute approximate surface area is 133 Å². The lowest BCUT2D eigenvalue weighted by Crippen LogP contribution is -2.40. The zero-order chi connectivity index (χ0) is 15.7. The maximum Gasteiger partial charge on any atom is 0.268 e. The highest BCUT2D eigenvalue weighted by atomic mass is 32.2. The normalized spacial score (nSPS) is 19.2. The summed E-state index contributed by atoms with van der Waals surface area (Å²) in [5.74, 6) is -0.247. The molecule has 1 aromatic heterocycles. The quantitative estimate of drug-likeness (QED) is 0.867. The third-order valence-corrected chi connectivity index (χ3v) is 5.74. The van der Waals surface area contributed by atoms with Gasteiger partial charge in [-0.05, 0) is 36.6 Å². The largest absolute Gasteiger partial charge is 0.300 e. The van der Waals surface area contributed by atoms with E-state index in [1.54, 1.807) is 17.0 Å². The molecule has 0 spiro atoms. The maximum absolute atomic E-state index is 12.8. The van der Waals surface area contributed by atoms with E-state index in [9.17, 15) is 13.2 Å². The predicted octanol–water partition coefficient (Wildman–Crippen LogP) is 3.01. The number of hydrogen-bond donors (Lipinski definition) is 0. The van der Waals surface area contributed by atoms with Crippen LogP contribution in [0.1, 0.15) is 15.2 Å². The van der Waals surface area contributed by atoms with Gasteiger partial charge in [0, 0.05) is 11.1 Å². The second kappa shape index (κ2) is 5.70. The van der Waals surface area contributed by atoms with E-state index < -0.39 is 15.9 Å². The van der Waals surface area contributed by atoms with Crippen molar-refractivity contribution in [3.8, 4) is 0 Å². The van der Waals surface area contributed by atoms with Gasteiger partial charge in [-0.3, -0.25) is 9.69 Å². The highest BCUT2D eigenvalue weighted by molar-refractivity contribution is 7.94. The topological polar surface area (TPSA) is 54.5 Å². The minimum absolute atomic E-state index is 0.0714. The van der Waals surface area contributed by atoms with Crippen molar-refractivity contribution >= 4 is 32.8 Å². The van der Waals surface area contributed by atoms with Crippen molar-refractivity contribution in [2.45, 2.75) is 13.0 Å². The van der Waals surface area contributed by atoms with Crippen LogP contribution in [0.25, 0.3) is 0 Å². The van der Waals surface area contributed by atoms with E-state index in [-0.39, 0.29) is 11.7 Å². The van der Waals surface area contributed by atoms with Gasteiger partial charge in [-0.1, -0.05) is 23.8 Å². The average molecular weight is 333 g/mol. The Hall–Kier alpha value is -1.92. The number of sulfone groups is 1. The summed E-state index contributed by atoms with van der Waals surface area (Å²) in [6.45, 7) is 1.97. The molecule has 0 aliphatic carbocycles. The molecular weight excluding hydrogens is 318 g/mol. The molecule has 0 saturated carbocycles. The molecule has 0 radical (unpaired) electrons. The number of aryl methyl sites for hydroxylation is 1. The molecule has 0 N–H and O–H groups in total. The van der Waals surface area contributed by atoms with Gasteiger partial charge in [0.05, 0.1) is 16.7 Å². The lowest BCUT2D eigenvalue weighted by atomic mass is 10.1. The molecule has 0 saturated heterocycles. The van der Waals surface area contributed by atoms with E-state index in [1.165, 1.54) is 16.7 Å². The maximum atomic E-state index is 12.8. The van der Waals surface area contributed by atoms with Crippen molar-refractivity contribution in [3.05, 3.63) is 63.7 Å². The summed E-state index contributed by atoms with van der Waals surface area (Å²) >= 11 is 1.35. The van der Waals surface area contributed by atoms with E-state index in [1.807, 2.05) is 42.6 Å². The van der Waals surface area contributed by atoms with Crippen LogP contribution in [0.5, 0.6) is 0 Å². The van der Waals surface area contributed by atoms with Gasteiger partial charge >= 0.3 is 0 Å². The number of carbonyl (C=O) groups excluding carboxylic acids is 1. The first-order chi connectivity index (χ1) is 10.5. The second-order valence-electron chi connectivity index (χ2n) is 5.21. The van der Waals surface area contributed by atoms with Crippen LogP contribution in [0.4, 0.5) is 5.69 Å². The molecule has 2 aromatic rings. The van der Waals surface area contributed by atoms with Gasteiger partial charge < -0.3 is 0 Å². The molecule has 1 aliphatic rings. The molecule has 0 fully saturated rings. The molecular formula is C16H15NO3S2. The monoisotopic (exact) mass is 333 g/mol. The van der Waals surface area contributed by atoms with Crippen LogP contribution in [-0.2, 0) is 9.84 Å². The zero-order valence-corrected chi connectivity index (χ0v) is 13.6. The Morgan fingerprint density at radius 2 is 1.95 bits per heavy atom. The first kappa shape index (κ1) is 15.0. The van der Waals surface area contributed by atoms with E-state index >= 15 is 0 Å². The van der Waals surface area contributed by atoms with Crippen molar-refractivity contribution in [1.82, 2.24) is 0 Å². The molecule has 22 heavy (non-hydrogen) atoms. The van der Waals surface area contributed by atoms with Crippen molar-refractivity contribution in [2.24, 2.45) is 0 Å². The number of rotatable bonds is 3. The summed E-state index contributed by atoms with van der Waals surface area (Å²) in [5, 5.41) is 3.03. The van der Waals surface area contributed by atoms with Crippen molar-refractivity contribution in [2.75, 3.05) is 10.7 Å². The minimum atomic E-state index is -3.23. The lowest BCUT2D eigenvalue weighted by molar-refractivity contribution is 0.0987. The van der Waals surface area contributed by atoms with Gasteiger partial charge in [-0.25, -0.2) is 8.42 Å². The van der Waals surface area contributed by atoms with Gasteiger partial charge in [0.15, 0.2) is 9.84 Å². The number of hydrogen-bond acceptors (Lipinski definition) is 4. The standard InChI is InChI=1S/C16H15NO3S2/c1-12-4-6-13(7-5-12)17(14-8-10-22(19,20)11-14)16(18)15-3-2-9-21-15/h2-10,14H,11H2,1H3/t14-/m0/s1. The molecule has 1 aromatic carbocycles. The van der Waals surface area contributed by atoms with Crippen molar-refractivity contribution < 1.29 is 13.2 Å². The van der Waals surface area contributed by atoms with Crippen LogP contribution >= 0.6 is 11.3 Å². The predicted molar refractivity (Wildman–Crippen MR) is 89.0 cm³/mol. The molecule has 1 aliphatic heterocycles. The number of nitrogens with zero attached hydrogens (tertiary/aromatic N) is 1. The molecule has 6 heteroatoms. The highest BCUT2D eigenvalue weighted by Crippen LogP contribution is 2.26. The Balaban J connectivity index is 2.01. The fraction of sp³-hybridized carbons (Fsp3) is 0.188. The Morgan fingerprint density at radius 3 is 2.50 bits per heavy atom. The summed E-state index contributed by atoms with van der Waals surface area (Å²) in [5.41, 5.74) is 1.79. The van der Waals surface area contributed by atoms with E-state index in [4.69, 9.17) is 0 Å². The molecule has 3 rings (SSSR count). The smallest absolute Gasteiger partial charge is 0.268 e. The average Bonchev–Trinajstić information content (AvgIpc) is 3.11. The SMILES string of the molecule is Cc1ccc(N(C(=O)c2cccs2)[C@H]2C=CS(=O)(=O)C2)cc1. The fourth-order valence-corrected chi connectivity index (χ4v) is 4.33. The molecule has 1 amide bonds. The Kier molecular flexibility index (Phi) is 3.88. The van der Waals surface area contributed by atoms with Gasteiger partial charge in [0.25, 0.3) is 5.91 Å². The molecule has 0 bridgehead atoms. The van der Waals surface area contributed by atoms with E-state index in [0.29, 0.717) is 10.6 Å². The van der Waals surface area contributed by atoms with Gasteiger partial charge in [0.2, 0.25) is 0 Å². The zero-order valence-electron chi connectivity index (χ0n) is 12.0. The van der Waals surface area contributed by atoms with Crippen molar-refractivity contribution in [1.29, 1.82) is 0 Å².